The molecule has 0 aromatic heterocycles. The Balaban J connectivity index is 2.65. The van der Waals surface area contributed by atoms with Crippen LogP contribution in [0, 0.1) is 17.8 Å². The summed E-state index contributed by atoms with van der Waals surface area (Å²) in [5.74, 6) is 2.47. The van der Waals surface area contributed by atoms with Gasteiger partial charge in [0.1, 0.15) is 5.78 Å². The highest BCUT2D eigenvalue weighted by Crippen LogP contribution is 2.35. The molecule has 1 aliphatic carbocycles. The zero-order valence-electron chi connectivity index (χ0n) is 10.5. The van der Waals surface area contributed by atoms with Crippen molar-refractivity contribution in [3.05, 3.63) is 11.6 Å². The summed E-state index contributed by atoms with van der Waals surface area (Å²) in [5.41, 5.74) is 1.54. The van der Waals surface area contributed by atoms with Crippen molar-refractivity contribution in [2.75, 3.05) is 0 Å². The molecule has 15 heavy (non-hydrogen) atoms. The molecule has 0 saturated heterocycles. The van der Waals surface area contributed by atoms with Crippen LogP contribution in [0.1, 0.15) is 53.4 Å². The molecule has 0 amide bonds. The van der Waals surface area contributed by atoms with Gasteiger partial charge < -0.3 is 4.79 Å². The summed E-state index contributed by atoms with van der Waals surface area (Å²) in [6.45, 7) is 8.56. The Bertz CT molecular complexity index is 250. The average Bonchev–Trinajstić information content (AvgIpc) is 2.14. The van der Waals surface area contributed by atoms with E-state index in [1.165, 1.54) is 12.8 Å². The third kappa shape index (κ3) is 3.81. The van der Waals surface area contributed by atoms with E-state index < -0.39 is 0 Å². The number of carbonyl (C=O) groups excluding carboxylic acids is 1. The molecule has 1 unspecified atom stereocenters. The second-order valence-electron chi connectivity index (χ2n) is 5.35. The standard InChI is InChI=1S/C14H24O/c1-10(2)14-8-5-11(3)9-13(14)7-6-12(4)15/h9-11,14H,5-8H2,1-4H3/t11?,14-/m0/s1. The second kappa shape index (κ2) is 5.48. The minimum atomic E-state index is 0.316. The van der Waals surface area contributed by atoms with Crippen LogP contribution in [0.3, 0.4) is 0 Å². The first-order valence-corrected chi connectivity index (χ1v) is 6.20. The van der Waals surface area contributed by atoms with Crippen LogP contribution in [-0.2, 0) is 4.79 Å². The van der Waals surface area contributed by atoms with E-state index in [-0.39, 0.29) is 0 Å². The van der Waals surface area contributed by atoms with Gasteiger partial charge in [-0.15, -0.1) is 0 Å². The predicted octanol–water partition coefficient (Wildman–Crippen LogP) is 3.98. The summed E-state index contributed by atoms with van der Waals surface area (Å²) in [6.07, 6.45) is 6.75. The van der Waals surface area contributed by atoms with Crippen molar-refractivity contribution in [1.29, 1.82) is 0 Å². The Kier molecular flexibility index (Phi) is 4.56. The van der Waals surface area contributed by atoms with Crippen molar-refractivity contribution < 1.29 is 4.79 Å². The van der Waals surface area contributed by atoms with E-state index in [0.717, 1.165) is 24.7 Å². The molecule has 0 aromatic carbocycles. The number of hydrogen-bond donors (Lipinski definition) is 0. The third-order valence-electron chi connectivity index (χ3n) is 3.48. The molecule has 1 nitrogen and oxygen atoms in total. The first-order chi connectivity index (χ1) is 7.00. The van der Waals surface area contributed by atoms with Crippen LogP contribution in [0.5, 0.6) is 0 Å². The lowest BCUT2D eigenvalue weighted by molar-refractivity contribution is -0.117. The van der Waals surface area contributed by atoms with E-state index in [9.17, 15) is 4.79 Å². The van der Waals surface area contributed by atoms with E-state index in [1.807, 2.05) is 0 Å². The number of carbonyl (C=O) groups is 1. The van der Waals surface area contributed by atoms with Crippen LogP contribution in [0.15, 0.2) is 11.6 Å². The molecule has 1 aliphatic rings. The third-order valence-corrected chi connectivity index (χ3v) is 3.48. The molecule has 0 spiro atoms. The van der Waals surface area contributed by atoms with E-state index in [2.05, 4.69) is 26.8 Å². The predicted molar refractivity (Wildman–Crippen MR) is 64.7 cm³/mol. The lowest BCUT2D eigenvalue weighted by Gasteiger charge is -2.30. The highest BCUT2D eigenvalue weighted by atomic mass is 16.1. The smallest absolute Gasteiger partial charge is 0.130 e. The van der Waals surface area contributed by atoms with Crippen molar-refractivity contribution in [2.45, 2.75) is 53.4 Å². The fourth-order valence-electron chi connectivity index (χ4n) is 2.55. The maximum absolute atomic E-state index is 11.0. The number of rotatable bonds is 4. The summed E-state index contributed by atoms with van der Waals surface area (Å²) < 4.78 is 0. The van der Waals surface area contributed by atoms with Gasteiger partial charge in [-0.1, -0.05) is 32.4 Å². The van der Waals surface area contributed by atoms with Gasteiger partial charge in [-0.25, -0.2) is 0 Å². The zero-order chi connectivity index (χ0) is 11.4. The summed E-state index contributed by atoms with van der Waals surface area (Å²) >= 11 is 0. The SMILES string of the molecule is CC(=O)CCC1=CC(C)CC[C@H]1C(C)C. The Morgan fingerprint density at radius 1 is 1.47 bits per heavy atom. The van der Waals surface area contributed by atoms with Crippen LogP contribution >= 0.6 is 0 Å². The van der Waals surface area contributed by atoms with Crippen LogP contribution < -0.4 is 0 Å². The second-order valence-corrected chi connectivity index (χ2v) is 5.35. The lowest BCUT2D eigenvalue weighted by Crippen LogP contribution is -2.18. The molecule has 0 radical (unpaired) electrons. The number of hydrogen-bond acceptors (Lipinski definition) is 1. The first kappa shape index (κ1) is 12.5. The minimum Gasteiger partial charge on any atom is -0.300 e. The van der Waals surface area contributed by atoms with Gasteiger partial charge in [0.2, 0.25) is 0 Å². The lowest BCUT2D eigenvalue weighted by atomic mass is 9.75. The first-order valence-electron chi connectivity index (χ1n) is 6.20. The van der Waals surface area contributed by atoms with Crippen LogP contribution in [0.2, 0.25) is 0 Å². The molecule has 0 heterocycles. The Labute approximate surface area is 93.9 Å². The molecule has 0 fully saturated rings. The van der Waals surface area contributed by atoms with Gasteiger partial charge in [0, 0.05) is 6.42 Å². The molecule has 1 heteroatoms. The van der Waals surface area contributed by atoms with E-state index >= 15 is 0 Å². The van der Waals surface area contributed by atoms with Crippen molar-refractivity contribution in [3.8, 4) is 0 Å². The van der Waals surface area contributed by atoms with Gasteiger partial charge in [0.25, 0.3) is 0 Å². The molecule has 1 rings (SSSR count). The molecule has 2 atom stereocenters. The largest absolute Gasteiger partial charge is 0.300 e. The highest BCUT2D eigenvalue weighted by molar-refractivity contribution is 5.75. The molecule has 0 bridgehead atoms. The molecule has 0 aromatic rings. The molecule has 0 aliphatic heterocycles. The summed E-state index contributed by atoms with van der Waals surface area (Å²) in [5, 5.41) is 0. The van der Waals surface area contributed by atoms with Crippen molar-refractivity contribution >= 4 is 5.78 Å². The Hall–Kier alpha value is -0.590. The maximum atomic E-state index is 11.0. The van der Waals surface area contributed by atoms with Crippen LogP contribution in [0.25, 0.3) is 0 Å². The number of allylic oxidation sites excluding steroid dienone is 2. The summed E-state index contributed by atoms with van der Waals surface area (Å²) in [4.78, 5) is 11.0. The quantitative estimate of drug-likeness (QED) is 0.639. The average molecular weight is 208 g/mol. The number of Topliss-reactive ketones (excluding diaryl/α,β-unsaturated/α-hetero) is 1. The topological polar surface area (TPSA) is 17.1 Å². The fourth-order valence-corrected chi connectivity index (χ4v) is 2.55. The molecular formula is C14H24O. The maximum Gasteiger partial charge on any atom is 0.130 e. The molecule has 0 saturated carbocycles. The van der Waals surface area contributed by atoms with Gasteiger partial charge in [-0.05, 0) is 43.9 Å². The van der Waals surface area contributed by atoms with Gasteiger partial charge in [-0.2, -0.15) is 0 Å². The van der Waals surface area contributed by atoms with Crippen molar-refractivity contribution in [1.82, 2.24) is 0 Å². The molecule has 0 N–H and O–H groups in total. The van der Waals surface area contributed by atoms with E-state index in [1.54, 1.807) is 12.5 Å². The zero-order valence-corrected chi connectivity index (χ0v) is 10.5. The Morgan fingerprint density at radius 2 is 2.13 bits per heavy atom. The Morgan fingerprint density at radius 3 is 2.67 bits per heavy atom. The summed E-state index contributed by atoms with van der Waals surface area (Å²) in [6, 6.07) is 0. The van der Waals surface area contributed by atoms with Crippen molar-refractivity contribution in [3.63, 3.8) is 0 Å². The fraction of sp³-hybridized carbons (Fsp3) is 0.786. The van der Waals surface area contributed by atoms with E-state index in [0.29, 0.717) is 11.7 Å². The van der Waals surface area contributed by atoms with Gasteiger partial charge in [0.05, 0.1) is 0 Å². The molecular weight excluding hydrogens is 184 g/mol. The summed E-state index contributed by atoms with van der Waals surface area (Å²) in [7, 11) is 0. The number of ketones is 1. The minimum absolute atomic E-state index is 0.316. The normalized spacial score (nSPS) is 26.6. The van der Waals surface area contributed by atoms with Crippen molar-refractivity contribution in [2.24, 2.45) is 17.8 Å². The van der Waals surface area contributed by atoms with Crippen LogP contribution in [0.4, 0.5) is 0 Å². The van der Waals surface area contributed by atoms with Crippen LogP contribution in [-0.4, -0.2) is 5.78 Å². The van der Waals surface area contributed by atoms with Gasteiger partial charge >= 0.3 is 0 Å². The highest BCUT2D eigenvalue weighted by Gasteiger charge is 2.23. The van der Waals surface area contributed by atoms with Gasteiger partial charge in [-0.3, -0.25) is 0 Å². The molecule has 86 valence electrons. The van der Waals surface area contributed by atoms with Gasteiger partial charge in [0.15, 0.2) is 0 Å². The van der Waals surface area contributed by atoms with E-state index in [4.69, 9.17) is 0 Å². The monoisotopic (exact) mass is 208 g/mol.